The van der Waals surface area contributed by atoms with E-state index in [0.717, 1.165) is 0 Å². The van der Waals surface area contributed by atoms with Gasteiger partial charge in [0, 0.05) is 0 Å². The minimum absolute atomic E-state index is 0.148. The molecule has 0 saturated heterocycles. The standard InChI is InChI=1S/C11H24OSi/c1-11(2,3)13(4,12)10-8-6-5-7-9-10/h10,12H,5-9H2,1-4H3. The summed E-state index contributed by atoms with van der Waals surface area (Å²) in [7, 11) is -2.00. The van der Waals surface area contributed by atoms with Gasteiger partial charge in [-0.3, -0.25) is 0 Å². The van der Waals surface area contributed by atoms with Gasteiger partial charge in [0.05, 0.1) is 0 Å². The molecule has 1 nitrogen and oxygen atoms in total. The molecule has 2 heteroatoms. The van der Waals surface area contributed by atoms with Crippen molar-refractivity contribution in [3.05, 3.63) is 0 Å². The van der Waals surface area contributed by atoms with E-state index in [1.165, 1.54) is 32.1 Å². The van der Waals surface area contributed by atoms with Crippen molar-refractivity contribution in [3.8, 4) is 0 Å². The molecule has 0 aromatic heterocycles. The molecule has 13 heavy (non-hydrogen) atoms. The lowest BCUT2D eigenvalue weighted by atomic mass is 10.0. The predicted molar refractivity (Wildman–Crippen MR) is 60.4 cm³/mol. The highest BCUT2D eigenvalue weighted by Crippen LogP contribution is 2.47. The molecular weight excluding hydrogens is 176 g/mol. The molecule has 1 aliphatic rings. The maximum Gasteiger partial charge on any atom is 0.193 e. The van der Waals surface area contributed by atoms with E-state index in [9.17, 15) is 4.80 Å². The summed E-state index contributed by atoms with van der Waals surface area (Å²) >= 11 is 0. The highest BCUT2D eigenvalue weighted by molar-refractivity contribution is 6.75. The molecule has 0 heterocycles. The van der Waals surface area contributed by atoms with Crippen LogP contribution in [0.25, 0.3) is 0 Å². The summed E-state index contributed by atoms with van der Waals surface area (Å²) in [6.07, 6.45) is 6.60. The summed E-state index contributed by atoms with van der Waals surface area (Å²) in [5.74, 6) is 0. The molecule has 0 aliphatic heterocycles. The van der Waals surface area contributed by atoms with Gasteiger partial charge in [-0.1, -0.05) is 52.9 Å². The Hall–Kier alpha value is 0.177. The zero-order valence-electron chi connectivity index (χ0n) is 9.56. The summed E-state index contributed by atoms with van der Waals surface area (Å²) < 4.78 is 0. The van der Waals surface area contributed by atoms with Crippen LogP contribution in [0.1, 0.15) is 52.9 Å². The van der Waals surface area contributed by atoms with Crippen molar-refractivity contribution in [2.45, 2.75) is 70.0 Å². The van der Waals surface area contributed by atoms with Crippen LogP contribution in [-0.2, 0) is 0 Å². The van der Waals surface area contributed by atoms with Gasteiger partial charge in [0.15, 0.2) is 8.32 Å². The molecule has 1 atom stereocenters. The Balaban J connectivity index is 2.67. The topological polar surface area (TPSA) is 20.2 Å². The molecule has 0 amide bonds. The third-order valence-corrected chi connectivity index (χ3v) is 9.12. The minimum atomic E-state index is -2.00. The van der Waals surface area contributed by atoms with Crippen molar-refractivity contribution in [1.82, 2.24) is 0 Å². The average molecular weight is 200 g/mol. The Morgan fingerprint density at radius 2 is 1.54 bits per heavy atom. The summed E-state index contributed by atoms with van der Waals surface area (Å²) in [5, 5.41) is 0.148. The summed E-state index contributed by atoms with van der Waals surface area (Å²) in [5.41, 5.74) is 0.654. The Bertz CT molecular complexity index is 163. The Kier molecular flexibility index (Phi) is 3.23. The van der Waals surface area contributed by atoms with Gasteiger partial charge in [0.1, 0.15) is 0 Å². The van der Waals surface area contributed by atoms with E-state index < -0.39 is 8.32 Å². The fourth-order valence-electron chi connectivity index (χ4n) is 2.28. The van der Waals surface area contributed by atoms with Gasteiger partial charge in [0.25, 0.3) is 0 Å². The first-order valence-electron chi connectivity index (χ1n) is 5.58. The molecule has 1 rings (SSSR count). The molecule has 0 aromatic carbocycles. The zero-order chi connectivity index (χ0) is 10.1. The van der Waals surface area contributed by atoms with Crippen LogP contribution < -0.4 is 0 Å². The third-order valence-electron chi connectivity index (χ3n) is 3.92. The molecule has 0 radical (unpaired) electrons. The summed E-state index contributed by atoms with van der Waals surface area (Å²) in [4.78, 5) is 10.6. The number of rotatable bonds is 1. The molecule has 1 unspecified atom stereocenters. The lowest BCUT2D eigenvalue weighted by molar-refractivity contribution is 0.396. The smallest absolute Gasteiger partial charge is 0.193 e. The highest BCUT2D eigenvalue weighted by Gasteiger charge is 2.45. The zero-order valence-corrected chi connectivity index (χ0v) is 10.6. The van der Waals surface area contributed by atoms with Gasteiger partial charge in [-0.15, -0.1) is 0 Å². The van der Waals surface area contributed by atoms with Gasteiger partial charge in [-0.25, -0.2) is 0 Å². The molecule has 0 bridgehead atoms. The fourth-order valence-corrected chi connectivity index (χ4v) is 5.03. The highest BCUT2D eigenvalue weighted by atomic mass is 28.4. The van der Waals surface area contributed by atoms with Gasteiger partial charge in [0.2, 0.25) is 0 Å². The summed E-state index contributed by atoms with van der Waals surface area (Å²) in [6.45, 7) is 8.76. The van der Waals surface area contributed by atoms with Crippen molar-refractivity contribution in [1.29, 1.82) is 0 Å². The van der Waals surface area contributed by atoms with Crippen LogP contribution in [-0.4, -0.2) is 13.1 Å². The molecule has 0 spiro atoms. The Labute approximate surface area is 83.7 Å². The van der Waals surface area contributed by atoms with Crippen LogP contribution in [0.5, 0.6) is 0 Å². The van der Waals surface area contributed by atoms with Gasteiger partial charge in [-0.05, 0) is 17.1 Å². The number of hydrogen-bond donors (Lipinski definition) is 1. The molecular formula is C11H24OSi. The molecule has 78 valence electrons. The van der Waals surface area contributed by atoms with Crippen LogP contribution in [0.4, 0.5) is 0 Å². The quantitative estimate of drug-likeness (QED) is 0.640. The van der Waals surface area contributed by atoms with Crippen molar-refractivity contribution in [2.75, 3.05) is 0 Å². The van der Waals surface area contributed by atoms with E-state index in [4.69, 9.17) is 0 Å². The maximum atomic E-state index is 10.6. The Morgan fingerprint density at radius 3 is 1.92 bits per heavy atom. The van der Waals surface area contributed by atoms with E-state index in [1.807, 2.05) is 0 Å². The molecule has 1 aliphatic carbocycles. The van der Waals surface area contributed by atoms with Crippen molar-refractivity contribution < 1.29 is 4.80 Å². The maximum absolute atomic E-state index is 10.6. The lowest BCUT2D eigenvalue weighted by Crippen LogP contribution is -2.46. The van der Waals surface area contributed by atoms with Crippen LogP contribution in [0, 0.1) is 0 Å². The van der Waals surface area contributed by atoms with Crippen LogP contribution in [0.3, 0.4) is 0 Å². The van der Waals surface area contributed by atoms with Crippen LogP contribution in [0.15, 0.2) is 0 Å². The SMILES string of the molecule is CC(C)(C)[Si](C)(O)C1CCCCC1. The van der Waals surface area contributed by atoms with Crippen LogP contribution in [0.2, 0.25) is 17.1 Å². The fraction of sp³-hybridized carbons (Fsp3) is 1.00. The van der Waals surface area contributed by atoms with E-state index in [1.54, 1.807) is 0 Å². The molecule has 0 aromatic rings. The average Bonchev–Trinajstić information content (AvgIpc) is 2.04. The largest absolute Gasteiger partial charge is 0.431 e. The van der Waals surface area contributed by atoms with Gasteiger partial charge in [-0.2, -0.15) is 0 Å². The van der Waals surface area contributed by atoms with Gasteiger partial charge < -0.3 is 4.80 Å². The normalized spacial score (nSPS) is 25.6. The van der Waals surface area contributed by atoms with Gasteiger partial charge >= 0.3 is 0 Å². The van der Waals surface area contributed by atoms with E-state index in [-0.39, 0.29) is 5.04 Å². The minimum Gasteiger partial charge on any atom is -0.431 e. The first kappa shape index (κ1) is 11.3. The van der Waals surface area contributed by atoms with E-state index >= 15 is 0 Å². The Morgan fingerprint density at radius 1 is 1.08 bits per heavy atom. The third kappa shape index (κ3) is 2.35. The first-order valence-corrected chi connectivity index (χ1v) is 8.10. The second kappa shape index (κ2) is 3.74. The van der Waals surface area contributed by atoms with Crippen molar-refractivity contribution in [3.63, 3.8) is 0 Å². The second-order valence-electron chi connectivity index (χ2n) is 5.73. The van der Waals surface area contributed by atoms with Crippen molar-refractivity contribution >= 4 is 8.32 Å². The van der Waals surface area contributed by atoms with Crippen LogP contribution >= 0.6 is 0 Å². The summed E-state index contributed by atoms with van der Waals surface area (Å²) in [6, 6.07) is 0. The van der Waals surface area contributed by atoms with E-state index in [0.29, 0.717) is 5.54 Å². The monoisotopic (exact) mass is 200 g/mol. The predicted octanol–water partition coefficient (Wildman–Crippen LogP) is 3.69. The molecule has 1 fully saturated rings. The molecule has 1 saturated carbocycles. The van der Waals surface area contributed by atoms with Crippen molar-refractivity contribution in [2.24, 2.45) is 0 Å². The first-order chi connectivity index (χ1) is 5.86. The molecule has 1 N–H and O–H groups in total. The van der Waals surface area contributed by atoms with E-state index in [2.05, 4.69) is 27.3 Å². The number of hydrogen-bond acceptors (Lipinski definition) is 1. The lowest BCUT2D eigenvalue weighted by Gasteiger charge is -2.42. The second-order valence-corrected chi connectivity index (χ2v) is 10.3.